The number of carboxylic acids is 1. The average molecular weight is 305 g/mol. The number of carbonyl (C=O) groups is 1. The Bertz CT molecular complexity index is 510. The van der Waals surface area contributed by atoms with E-state index < -0.39 is 24.0 Å². The van der Waals surface area contributed by atoms with Gasteiger partial charge in [0.2, 0.25) is 5.76 Å². The van der Waals surface area contributed by atoms with Crippen LogP contribution in [0, 0.1) is 5.92 Å². The van der Waals surface area contributed by atoms with Gasteiger partial charge in [0.1, 0.15) is 0 Å². The molecule has 4 nitrogen and oxygen atoms in total. The first-order chi connectivity index (χ1) is 9.84. The predicted molar refractivity (Wildman–Crippen MR) is 68.2 cm³/mol. The molecular formula is C14H18F3NO3. The minimum absolute atomic E-state index is 0.0437. The molecule has 1 aliphatic rings. The number of carboxylic acid groups (broad SMARTS) is 1. The van der Waals surface area contributed by atoms with Gasteiger partial charge in [0.15, 0.2) is 5.89 Å². The topological polar surface area (TPSA) is 63.3 Å². The van der Waals surface area contributed by atoms with Crippen LogP contribution in [0.15, 0.2) is 4.42 Å². The largest absolute Gasteiger partial charge is 0.475 e. The minimum atomic E-state index is -4.31. The van der Waals surface area contributed by atoms with Gasteiger partial charge in [-0.3, -0.25) is 0 Å². The molecule has 1 heterocycles. The summed E-state index contributed by atoms with van der Waals surface area (Å²) in [6, 6.07) is 0. The monoisotopic (exact) mass is 305 g/mol. The van der Waals surface area contributed by atoms with Gasteiger partial charge in [0.25, 0.3) is 0 Å². The molecule has 7 heteroatoms. The number of hydrogen-bond acceptors (Lipinski definition) is 3. The lowest BCUT2D eigenvalue weighted by Gasteiger charge is -2.30. The first kappa shape index (κ1) is 15.9. The molecule has 1 saturated carbocycles. The highest BCUT2D eigenvalue weighted by Crippen LogP contribution is 2.46. The smallest absolute Gasteiger partial charge is 0.392 e. The fraction of sp³-hybridized carbons (Fsp3) is 0.714. The normalized spacial score (nSPS) is 23.2. The third kappa shape index (κ3) is 3.39. The quantitative estimate of drug-likeness (QED) is 0.907. The maximum atomic E-state index is 13.1. The summed E-state index contributed by atoms with van der Waals surface area (Å²) in [5.41, 5.74) is 0.242. The Balaban J connectivity index is 2.34. The second-order valence-corrected chi connectivity index (χ2v) is 5.42. The summed E-state index contributed by atoms with van der Waals surface area (Å²) in [5, 5.41) is 9.07. The summed E-state index contributed by atoms with van der Waals surface area (Å²) in [4.78, 5) is 15.2. The Labute approximate surface area is 120 Å². The number of halogens is 3. The standard InChI is InChI=1S/C14H18F3NO3/c1-2-5-10-11(13(19)20)21-12(18-10)8-6-3-4-7-9(8)14(15,16)17/h8-9H,2-7H2,1H3,(H,19,20). The Morgan fingerprint density at radius 3 is 2.62 bits per heavy atom. The molecule has 0 bridgehead atoms. The molecule has 1 aliphatic carbocycles. The fourth-order valence-electron chi connectivity index (χ4n) is 2.92. The number of hydrogen-bond donors (Lipinski definition) is 1. The molecule has 0 spiro atoms. The maximum absolute atomic E-state index is 13.1. The van der Waals surface area contributed by atoms with E-state index in [9.17, 15) is 18.0 Å². The van der Waals surface area contributed by atoms with Crippen LogP contribution in [-0.2, 0) is 6.42 Å². The van der Waals surface area contributed by atoms with E-state index in [-0.39, 0.29) is 23.8 Å². The summed E-state index contributed by atoms with van der Waals surface area (Å²) < 4.78 is 44.5. The first-order valence-electron chi connectivity index (χ1n) is 7.14. The Hall–Kier alpha value is -1.53. The summed E-state index contributed by atoms with van der Waals surface area (Å²) in [5.74, 6) is -4.05. The van der Waals surface area contributed by atoms with E-state index in [1.165, 1.54) is 0 Å². The van der Waals surface area contributed by atoms with Gasteiger partial charge in [-0.05, 0) is 19.3 Å². The number of aromatic nitrogens is 1. The summed E-state index contributed by atoms with van der Waals surface area (Å²) in [7, 11) is 0. The van der Waals surface area contributed by atoms with Gasteiger partial charge in [-0.25, -0.2) is 9.78 Å². The van der Waals surface area contributed by atoms with Crippen LogP contribution in [0.5, 0.6) is 0 Å². The highest BCUT2D eigenvalue weighted by atomic mass is 19.4. The number of nitrogens with zero attached hydrogens (tertiary/aromatic N) is 1. The Morgan fingerprint density at radius 2 is 2.05 bits per heavy atom. The van der Waals surface area contributed by atoms with Crippen molar-refractivity contribution in [2.45, 2.75) is 57.5 Å². The lowest BCUT2D eigenvalue weighted by molar-refractivity contribution is -0.188. The molecule has 0 saturated heterocycles. The van der Waals surface area contributed by atoms with E-state index in [1.807, 2.05) is 6.92 Å². The van der Waals surface area contributed by atoms with Gasteiger partial charge in [-0.1, -0.05) is 26.2 Å². The first-order valence-corrected chi connectivity index (χ1v) is 7.14. The van der Waals surface area contributed by atoms with Crippen LogP contribution < -0.4 is 0 Å². The van der Waals surface area contributed by atoms with E-state index >= 15 is 0 Å². The van der Waals surface area contributed by atoms with Crippen LogP contribution in [0.3, 0.4) is 0 Å². The summed E-state index contributed by atoms with van der Waals surface area (Å²) >= 11 is 0. The zero-order chi connectivity index (χ0) is 15.6. The number of aromatic carboxylic acids is 1. The minimum Gasteiger partial charge on any atom is -0.475 e. The zero-order valence-electron chi connectivity index (χ0n) is 11.7. The molecule has 0 aromatic carbocycles. The van der Waals surface area contributed by atoms with Crippen molar-refractivity contribution >= 4 is 5.97 Å². The van der Waals surface area contributed by atoms with Gasteiger partial charge in [-0.2, -0.15) is 13.2 Å². The molecular weight excluding hydrogens is 287 g/mol. The molecule has 118 valence electrons. The molecule has 1 fully saturated rings. The van der Waals surface area contributed by atoms with Crippen molar-refractivity contribution in [3.63, 3.8) is 0 Å². The lowest BCUT2D eigenvalue weighted by atomic mass is 9.78. The fourth-order valence-corrected chi connectivity index (χ4v) is 2.92. The van der Waals surface area contributed by atoms with Crippen LogP contribution in [0.1, 0.15) is 67.1 Å². The molecule has 0 amide bonds. The maximum Gasteiger partial charge on any atom is 0.392 e. The summed E-state index contributed by atoms with van der Waals surface area (Å²) in [6.45, 7) is 1.85. The number of aryl methyl sites for hydroxylation is 1. The SMILES string of the molecule is CCCc1nc(C2CCCCC2C(F)(F)F)oc1C(=O)O. The van der Waals surface area contributed by atoms with Crippen molar-refractivity contribution in [1.82, 2.24) is 4.98 Å². The van der Waals surface area contributed by atoms with E-state index in [1.54, 1.807) is 0 Å². The summed E-state index contributed by atoms with van der Waals surface area (Å²) in [6.07, 6.45) is -1.71. The molecule has 1 N–H and O–H groups in total. The highest BCUT2D eigenvalue weighted by Gasteiger charge is 2.48. The molecule has 21 heavy (non-hydrogen) atoms. The Morgan fingerprint density at radius 1 is 1.38 bits per heavy atom. The van der Waals surface area contributed by atoms with Crippen LogP contribution in [-0.4, -0.2) is 22.2 Å². The van der Waals surface area contributed by atoms with Gasteiger partial charge in [0.05, 0.1) is 11.6 Å². The number of rotatable bonds is 4. The second-order valence-electron chi connectivity index (χ2n) is 5.42. The van der Waals surface area contributed by atoms with Crippen molar-refractivity contribution in [2.75, 3.05) is 0 Å². The molecule has 1 aromatic rings. The van der Waals surface area contributed by atoms with Gasteiger partial charge in [-0.15, -0.1) is 0 Å². The average Bonchev–Trinajstić information content (AvgIpc) is 2.82. The zero-order valence-corrected chi connectivity index (χ0v) is 11.7. The van der Waals surface area contributed by atoms with Gasteiger partial charge < -0.3 is 9.52 Å². The van der Waals surface area contributed by atoms with Crippen molar-refractivity contribution in [2.24, 2.45) is 5.92 Å². The van der Waals surface area contributed by atoms with E-state index in [0.717, 1.165) is 0 Å². The third-order valence-corrected chi connectivity index (χ3v) is 3.90. The number of oxazole rings is 1. The molecule has 0 radical (unpaired) electrons. The lowest BCUT2D eigenvalue weighted by Crippen LogP contribution is -2.31. The van der Waals surface area contributed by atoms with Crippen LogP contribution in [0.4, 0.5) is 13.2 Å². The molecule has 1 aromatic heterocycles. The van der Waals surface area contributed by atoms with Gasteiger partial charge in [0, 0.05) is 5.92 Å². The van der Waals surface area contributed by atoms with Crippen molar-refractivity contribution in [1.29, 1.82) is 0 Å². The molecule has 2 unspecified atom stereocenters. The highest BCUT2D eigenvalue weighted by molar-refractivity contribution is 5.85. The Kier molecular flexibility index (Phi) is 4.58. The van der Waals surface area contributed by atoms with E-state index in [2.05, 4.69) is 4.98 Å². The van der Waals surface area contributed by atoms with Crippen LogP contribution in [0.25, 0.3) is 0 Å². The molecule has 2 atom stereocenters. The van der Waals surface area contributed by atoms with Crippen molar-refractivity contribution in [3.8, 4) is 0 Å². The van der Waals surface area contributed by atoms with Crippen molar-refractivity contribution in [3.05, 3.63) is 17.3 Å². The predicted octanol–water partition coefficient (Wildman–Crippen LogP) is 4.16. The third-order valence-electron chi connectivity index (χ3n) is 3.90. The van der Waals surface area contributed by atoms with E-state index in [0.29, 0.717) is 32.1 Å². The second kappa shape index (κ2) is 6.07. The van der Waals surface area contributed by atoms with Crippen molar-refractivity contribution < 1.29 is 27.5 Å². The van der Waals surface area contributed by atoms with Gasteiger partial charge >= 0.3 is 12.1 Å². The van der Waals surface area contributed by atoms with Crippen LogP contribution >= 0.6 is 0 Å². The molecule has 0 aliphatic heterocycles. The van der Waals surface area contributed by atoms with E-state index in [4.69, 9.17) is 9.52 Å². The molecule has 2 rings (SSSR count). The van der Waals surface area contributed by atoms with Crippen LogP contribution in [0.2, 0.25) is 0 Å². The number of alkyl halides is 3.